The lowest BCUT2D eigenvalue weighted by Gasteiger charge is -2.22. The van der Waals surface area contributed by atoms with E-state index in [1.54, 1.807) is 0 Å². The van der Waals surface area contributed by atoms with Crippen LogP contribution in [0.15, 0.2) is 0 Å². The van der Waals surface area contributed by atoms with Gasteiger partial charge in [0.05, 0.1) is 5.75 Å². The fraction of sp³-hybridized carbons (Fsp3) is 0.929. The maximum absolute atomic E-state index is 12.1. The van der Waals surface area contributed by atoms with Gasteiger partial charge in [-0.05, 0) is 31.8 Å². The number of carbonyl (C=O) groups is 1. The molecule has 3 saturated heterocycles. The Balaban J connectivity index is 1.48. The second-order valence-corrected chi connectivity index (χ2v) is 9.09. The molecule has 0 spiro atoms. The summed E-state index contributed by atoms with van der Waals surface area (Å²) in [6.07, 6.45) is 1.76. The van der Waals surface area contributed by atoms with Crippen LogP contribution in [0.5, 0.6) is 0 Å². The van der Waals surface area contributed by atoms with Crippen molar-refractivity contribution in [3.63, 3.8) is 0 Å². The van der Waals surface area contributed by atoms with Crippen LogP contribution in [-0.4, -0.2) is 87.0 Å². The first kappa shape index (κ1) is 15.2. The van der Waals surface area contributed by atoms with Crippen LogP contribution in [0.25, 0.3) is 0 Å². The SMILES string of the molecule is CN1CCC(CN2CC(CN3CCS(=O)(=O)C3)CC2=O)C1. The van der Waals surface area contributed by atoms with Crippen LogP contribution >= 0.6 is 0 Å². The van der Waals surface area contributed by atoms with Crippen molar-refractivity contribution < 1.29 is 13.2 Å². The van der Waals surface area contributed by atoms with Crippen molar-refractivity contribution in [2.75, 3.05) is 57.9 Å². The summed E-state index contributed by atoms with van der Waals surface area (Å²) in [5.41, 5.74) is 0. The lowest BCUT2D eigenvalue weighted by atomic mass is 10.1. The van der Waals surface area contributed by atoms with Crippen molar-refractivity contribution in [2.24, 2.45) is 11.8 Å². The molecule has 0 saturated carbocycles. The summed E-state index contributed by atoms with van der Waals surface area (Å²) in [5, 5.41) is 0. The first-order chi connectivity index (χ1) is 9.91. The second kappa shape index (κ2) is 5.85. The normalized spacial score (nSPS) is 34.1. The van der Waals surface area contributed by atoms with Gasteiger partial charge in [0, 0.05) is 39.1 Å². The molecule has 3 aliphatic heterocycles. The first-order valence-corrected chi connectivity index (χ1v) is 9.62. The van der Waals surface area contributed by atoms with Crippen molar-refractivity contribution in [3.8, 4) is 0 Å². The zero-order valence-corrected chi connectivity index (χ0v) is 13.5. The quantitative estimate of drug-likeness (QED) is 0.698. The Morgan fingerprint density at radius 1 is 1.14 bits per heavy atom. The molecule has 1 amide bonds. The van der Waals surface area contributed by atoms with Gasteiger partial charge in [0.15, 0.2) is 9.84 Å². The zero-order valence-electron chi connectivity index (χ0n) is 12.7. The van der Waals surface area contributed by atoms with Crippen LogP contribution in [-0.2, 0) is 14.6 Å². The summed E-state index contributed by atoms with van der Waals surface area (Å²) in [4.78, 5) is 18.4. The lowest BCUT2D eigenvalue weighted by Crippen LogP contribution is -2.33. The highest BCUT2D eigenvalue weighted by molar-refractivity contribution is 7.91. The molecule has 0 aliphatic carbocycles. The summed E-state index contributed by atoms with van der Waals surface area (Å²) in [5.74, 6) is 1.59. The average Bonchev–Trinajstić information content (AvgIpc) is 3.03. The highest BCUT2D eigenvalue weighted by Crippen LogP contribution is 2.24. The van der Waals surface area contributed by atoms with E-state index in [0.717, 1.165) is 32.7 Å². The third-order valence-corrected chi connectivity index (χ3v) is 6.44. The number of hydrogen-bond acceptors (Lipinski definition) is 5. The monoisotopic (exact) mass is 315 g/mol. The van der Waals surface area contributed by atoms with Gasteiger partial charge in [0.25, 0.3) is 0 Å². The number of likely N-dealkylation sites (tertiary alicyclic amines) is 2. The Labute approximate surface area is 127 Å². The molecule has 7 heteroatoms. The molecule has 3 fully saturated rings. The highest BCUT2D eigenvalue weighted by atomic mass is 32.2. The number of amides is 1. The van der Waals surface area contributed by atoms with E-state index >= 15 is 0 Å². The molecule has 0 aromatic heterocycles. The van der Waals surface area contributed by atoms with Gasteiger partial charge in [-0.3, -0.25) is 9.69 Å². The number of carbonyl (C=O) groups excluding carboxylic acids is 1. The summed E-state index contributed by atoms with van der Waals surface area (Å²) in [6.45, 7) is 5.25. The fourth-order valence-corrected chi connectivity index (χ4v) is 5.28. The van der Waals surface area contributed by atoms with Gasteiger partial charge in [0.2, 0.25) is 5.91 Å². The molecule has 0 aromatic rings. The van der Waals surface area contributed by atoms with E-state index in [-0.39, 0.29) is 17.5 Å². The van der Waals surface area contributed by atoms with Gasteiger partial charge in [-0.25, -0.2) is 8.42 Å². The lowest BCUT2D eigenvalue weighted by molar-refractivity contribution is -0.128. The fourth-order valence-electron chi connectivity index (χ4n) is 3.82. The molecule has 21 heavy (non-hydrogen) atoms. The molecule has 0 radical (unpaired) electrons. The van der Waals surface area contributed by atoms with Gasteiger partial charge >= 0.3 is 0 Å². The molecule has 0 aromatic carbocycles. The summed E-state index contributed by atoms with van der Waals surface area (Å²) in [7, 11) is -0.740. The average molecular weight is 315 g/mol. The zero-order chi connectivity index (χ0) is 15.0. The van der Waals surface area contributed by atoms with Gasteiger partial charge in [-0.2, -0.15) is 0 Å². The molecule has 3 rings (SSSR count). The predicted octanol–water partition coefficient (Wildman–Crippen LogP) is -0.525. The minimum atomic E-state index is -2.87. The third-order valence-electron chi connectivity index (χ3n) is 4.88. The molecule has 3 aliphatic rings. The molecule has 120 valence electrons. The Morgan fingerprint density at radius 3 is 2.57 bits per heavy atom. The van der Waals surface area contributed by atoms with Gasteiger partial charge in [-0.15, -0.1) is 0 Å². The van der Waals surface area contributed by atoms with E-state index in [1.165, 1.54) is 6.42 Å². The van der Waals surface area contributed by atoms with Crippen LogP contribution in [0, 0.1) is 11.8 Å². The van der Waals surface area contributed by atoms with Crippen LogP contribution in [0.2, 0.25) is 0 Å². The number of rotatable bonds is 4. The molecule has 3 heterocycles. The second-order valence-electron chi connectivity index (χ2n) is 6.94. The Morgan fingerprint density at radius 2 is 1.95 bits per heavy atom. The van der Waals surface area contributed by atoms with Crippen molar-refractivity contribution in [1.29, 1.82) is 0 Å². The minimum Gasteiger partial charge on any atom is -0.342 e. The van der Waals surface area contributed by atoms with Crippen LogP contribution in [0.1, 0.15) is 12.8 Å². The Hall–Kier alpha value is -0.660. The Kier molecular flexibility index (Phi) is 4.25. The van der Waals surface area contributed by atoms with Crippen molar-refractivity contribution >= 4 is 15.7 Å². The third kappa shape index (κ3) is 3.76. The predicted molar refractivity (Wildman–Crippen MR) is 80.5 cm³/mol. The summed E-state index contributed by atoms with van der Waals surface area (Å²) >= 11 is 0. The van der Waals surface area contributed by atoms with E-state index in [1.807, 2.05) is 9.80 Å². The molecule has 0 bridgehead atoms. The largest absolute Gasteiger partial charge is 0.342 e. The van der Waals surface area contributed by atoms with E-state index in [0.29, 0.717) is 24.8 Å². The smallest absolute Gasteiger partial charge is 0.222 e. The topological polar surface area (TPSA) is 60.9 Å². The maximum Gasteiger partial charge on any atom is 0.222 e. The van der Waals surface area contributed by atoms with E-state index in [9.17, 15) is 13.2 Å². The molecular formula is C14H25N3O3S. The molecule has 2 unspecified atom stereocenters. The van der Waals surface area contributed by atoms with E-state index in [2.05, 4.69) is 11.9 Å². The Bertz CT molecular complexity index is 508. The van der Waals surface area contributed by atoms with Crippen LogP contribution in [0.4, 0.5) is 0 Å². The van der Waals surface area contributed by atoms with Crippen molar-refractivity contribution in [3.05, 3.63) is 0 Å². The summed E-state index contributed by atoms with van der Waals surface area (Å²) in [6, 6.07) is 0. The van der Waals surface area contributed by atoms with Gasteiger partial charge in [0.1, 0.15) is 5.88 Å². The van der Waals surface area contributed by atoms with Crippen LogP contribution in [0.3, 0.4) is 0 Å². The minimum absolute atomic E-state index is 0.172. The standard InChI is InChI=1S/C14H25N3O3S/c1-15-3-2-12(7-15)9-17-10-13(6-14(17)18)8-16-4-5-21(19,20)11-16/h12-13H,2-11H2,1H3. The van der Waals surface area contributed by atoms with E-state index in [4.69, 9.17) is 0 Å². The molecule has 0 N–H and O–H groups in total. The van der Waals surface area contributed by atoms with Crippen molar-refractivity contribution in [1.82, 2.24) is 14.7 Å². The maximum atomic E-state index is 12.1. The first-order valence-electron chi connectivity index (χ1n) is 7.80. The molecule has 2 atom stereocenters. The van der Waals surface area contributed by atoms with E-state index < -0.39 is 9.84 Å². The number of hydrogen-bond donors (Lipinski definition) is 0. The molecule has 6 nitrogen and oxygen atoms in total. The van der Waals surface area contributed by atoms with Crippen molar-refractivity contribution in [2.45, 2.75) is 12.8 Å². The number of nitrogens with zero attached hydrogens (tertiary/aromatic N) is 3. The van der Waals surface area contributed by atoms with Gasteiger partial charge < -0.3 is 9.80 Å². The highest BCUT2D eigenvalue weighted by Gasteiger charge is 2.35. The van der Waals surface area contributed by atoms with Gasteiger partial charge in [-0.1, -0.05) is 0 Å². The number of sulfone groups is 1. The van der Waals surface area contributed by atoms with Crippen LogP contribution < -0.4 is 0 Å². The summed E-state index contributed by atoms with van der Waals surface area (Å²) < 4.78 is 23.0. The molecular weight excluding hydrogens is 290 g/mol.